The zero-order valence-electron chi connectivity index (χ0n) is 17.4. The highest BCUT2D eigenvalue weighted by Crippen LogP contribution is 2.18. The topological polar surface area (TPSA) is 67.0 Å². The lowest BCUT2D eigenvalue weighted by atomic mass is 10.1. The molecule has 2 heterocycles. The van der Waals surface area contributed by atoms with Gasteiger partial charge in [0.15, 0.2) is 11.1 Å². The first-order chi connectivity index (χ1) is 14.8. The zero-order valence-corrected chi connectivity index (χ0v) is 20.5. The largest absolute Gasteiger partial charge is 0.372 e. The van der Waals surface area contributed by atoms with E-state index in [1.54, 1.807) is 11.3 Å². The smallest absolute Gasteiger partial charge is 0.191 e. The van der Waals surface area contributed by atoms with Crippen LogP contribution < -0.4 is 10.6 Å². The van der Waals surface area contributed by atoms with E-state index in [1.165, 1.54) is 5.56 Å². The number of aliphatic imine (C=N–C) groups is 1. The molecule has 6 nitrogen and oxygen atoms in total. The summed E-state index contributed by atoms with van der Waals surface area (Å²) in [6.07, 6.45) is 1.85. The Morgan fingerprint density at radius 1 is 0.935 bits per heavy atom. The minimum atomic E-state index is 0. The molecule has 2 aromatic carbocycles. The van der Waals surface area contributed by atoms with Crippen molar-refractivity contribution in [2.24, 2.45) is 10.7 Å². The van der Waals surface area contributed by atoms with Gasteiger partial charge in [0, 0.05) is 37.8 Å². The van der Waals surface area contributed by atoms with Crippen LogP contribution in [0.25, 0.3) is 0 Å². The predicted octanol–water partition coefficient (Wildman–Crippen LogP) is 4.11. The molecule has 31 heavy (non-hydrogen) atoms. The second-order valence-corrected chi connectivity index (χ2v) is 8.13. The summed E-state index contributed by atoms with van der Waals surface area (Å²) in [5.74, 6) is 0.615. The van der Waals surface area contributed by atoms with Gasteiger partial charge in [0.05, 0.1) is 19.8 Å². The van der Waals surface area contributed by atoms with E-state index in [2.05, 4.69) is 56.2 Å². The first kappa shape index (κ1) is 23.5. The third-order valence-electron chi connectivity index (χ3n) is 5.12. The number of rotatable bonds is 7. The van der Waals surface area contributed by atoms with E-state index in [0.717, 1.165) is 42.4 Å². The van der Waals surface area contributed by atoms with Crippen LogP contribution in [0, 0.1) is 0 Å². The summed E-state index contributed by atoms with van der Waals surface area (Å²) in [6, 6.07) is 18.6. The van der Waals surface area contributed by atoms with Gasteiger partial charge in [0.2, 0.25) is 0 Å². The van der Waals surface area contributed by atoms with Crippen molar-refractivity contribution in [1.29, 1.82) is 0 Å². The molecular formula is C23H28IN5OS. The summed E-state index contributed by atoms with van der Waals surface area (Å²) < 4.78 is 5.80. The van der Waals surface area contributed by atoms with Crippen molar-refractivity contribution in [1.82, 2.24) is 9.88 Å². The zero-order chi connectivity index (χ0) is 20.6. The minimum absolute atomic E-state index is 0. The number of ether oxygens (including phenoxy) is 1. The first-order valence-electron chi connectivity index (χ1n) is 10.2. The maximum absolute atomic E-state index is 6.24. The van der Waals surface area contributed by atoms with Crippen LogP contribution in [-0.2, 0) is 24.5 Å². The molecule has 0 radical (unpaired) electrons. The molecular weight excluding hydrogens is 521 g/mol. The summed E-state index contributed by atoms with van der Waals surface area (Å²) in [5.41, 5.74) is 9.72. The van der Waals surface area contributed by atoms with Gasteiger partial charge < -0.3 is 20.3 Å². The Balaban J connectivity index is 0.00000272. The minimum Gasteiger partial charge on any atom is -0.372 e. The molecule has 0 unspecified atom stereocenters. The molecule has 0 bridgehead atoms. The fourth-order valence-corrected chi connectivity index (χ4v) is 4.07. The maximum Gasteiger partial charge on any atom is 0.191 e. The number of thiazole rings is 1. The van der Waals surface area contributed by atoms with Crippen molar-refractivity contribution in [3.63, 3.8) is 0 Å². The van der Waals surface area contributed by atoms with Gasteiger partial charge >= 0.3 is 0 Å². The van der Waals surface area contributed by atoms with Gasteiger partial charge in [-0.2, -0.15) is 0 Å². The number of guanidine groups is 1. The van der Waals surface area contributed by atoms with Crippen molar-refractivity contribution in [3.8, 4) is 0 Å². The van der Waals surface area contributed by atoms with Crippen LogP contribution in [-0.4, -0.2) is 42.0 Å². The molecule has 0 atom stereocenters. The van der Waals surface area contributed by atoms with Gasteiger partial charge in [-0.15, -0.1) is 35.3 Å². The number of benzene rings is 2. The summed E-state index contributed by atoms with van der Waals surface area (Å²) in [4.78, 5) is 13.4. The average Bonchev–Trinajstić information content (AvgIpc) is 3.34. The number of aromatic nitrogens is 1. The number of hydrogen-bond donors (Lipinski definition) is 1. The maximum atomic E-state index is 6.24. The Hall–Kier alpha value is -2.17. The van der Waals surface area contributed by atoms with E-state index in [4.69, 9.17) is 10.5 Å². The van der Waals surface area contributed by atoms with Gasteiger partial charge in [-0.25, -0.2) is 9.98 Å². The molecule has 0 amide bonds. The first-order valence-corrected chi connectivity index (χ1v) is 11.0. The van der Waals surface area contributed by atoms with Crippen molar-refractivity contribution in [2.75, 3.05) is 31.1 Å². The van der Waals surface area contributed by atoms with Crippen molar-refractivity contribution in [2.45, 2.75) is 19.8 Å². The van der Waals surface area contributed by atoms with Crippen LogP contribution in [0.2, 0.25) is 0 Å². The molecule has 0 aliphatic carbocycles. The van der Waals surface area contributed by atoms with Crippen molar-refractivity contribution in [3.05, 3.63) is 82.9 Å². The Bertz CT molecular complexity index is 926. The van der Waals surface area contributed by atoms with E-state index >= 15 is 0 Å². The molecule has 1 fully saturated rings. The quantitative estimate of drug-likeness (QED) is 0.273. The molecule has 8 heteroatoms. The van der Waals surface area contributed by atoms with E-state index in [1.807, 2.05) is 29.8 Å². The summed E-state index contributed by atoms with van der Waals surface area (Å²) >= 11 is 1.68. The number of nitrogens with zero attached hydrogens (tertiary/aromatic N) is 4. The molecule has 2 N–H and O–H groups in total. The number of piperazine rings is 1. The van der Waals surface area contributed by atoms with Gasteiger partial charge in [0.1, 0.15) is 0 Å². The summed E-state index contributed by atoms with van der Waals surface area (Å²) in [7, 11) is 0. The van der Waals surface area contributed by atoms with E-state index < -0.39 is 0 Å². The highest BCUT2D eigenvalue weighted by atomic mass is 127. The standard InChI is InChI=1S/C23H27N5OS.HI/c24-22(27-11-13-28(14-12-27)23-25-10-15-30-23)26-16-19-6-8-21(9-7-19)18-29-17-20-4-2-1-3-5-20;/h1-10,15H,11-14,16-18H2,(H2,24,26);1H. The van der Waals surface area contributed by atoms with Crippen LogP contribution in [0.5, 0.6) is 0 Å². The summed E-state index contributed by atoms with van der Waals surface area (Å²) in [5, 5.41) is 3.09. The second-order valence-electron chi connectivity index (χ2n) is 7.26. The Kier molecular flexibility index (Phi) is 9.11. The van der Waals surface area contributed by atoms with Gasteiger partial charge in [0.25, 0.3) is 0 Å². The lowest BCUT2D eigenvalue weighted by molar-refractivity contribution is 0.107. The van der Waals surface area contributed by atoms with Crippen LogP contribution in [0.3, 0.4) is 0 Å². The number of nitrogens with two attached hydrogens (primary N) is 1. The fraction of sp³-hybridized carbons (Fsp3) is 0.304. The van der Waals surface area contributed by atoms with Crippen molar-refractivity contribution < 1.29 is 4.74 Å². The average molecular weight is 549 g/mol. The molecule has 0 spiro atoms. The Labute approximate surface area is 204 Å². The molecule has 1 aromatic heterocycles. The normalized spacial score (nSPS) is 14.4. The summed E-state index contributed by atoms with van der Waals surface area (Å²) in [6.45, 7) is 5.38. The van der Waals surface area contributed by atoms with E-state index in [9.17, 15) is 0 Å². The molecule has 0 saturated carbocycles. The molecule has 1 aliphatic heterocycles. The van der Waals surface area contributed by atoms with Gasteiger partial charge in [-0.05, 0) is 16.7 Å². The van der Waals surface area contributed by atoms with Gasteiger partial charge in [-0.3, -0.25) is 0 Å². The number of hydrogen-bond acceptors (Lipinski definition) is 5. The SMILES string of the molecule is I.NC(=NCc1ccc(COCc2ccccc2)cc1)N1CCN(c2nccs2)CC1. The highest BCUT2D eigenvalue weighted by molar-refractivity contribution is 14.0. The Morgan fingerprint density at radius 3 is 2.23 bits per heavy atom. The van der Waals surface area contributed by atoms with Crippen LogP contribution in [0.4, 0.5) is 5.13 Å². The number of anilines is 1. The molecule has 1 saturated heterocycles. The number of halogens is 1. The molecule has 1 aliphatic rings. The Morgan fingerprint density at radius 2 is 1.58 bits per heavy atom. The van der Waals surface area contributed by atoms with Gasteiger partial charge in [-0.1, -0.05) is 54.6 Å². The third-order valence-corrected chi connectivity index (χ3v) is 5.95. The van der Waals surface area contributed by atoms with Crippen LogP contribution >= 0.6 is 35.3 Å². The monoisotopic (exact) mass is 549 g/mol. The van der Waals surface area contributed by atoms with E-state index in [-0.39, 0.29) is 24.0 Å². The van der Waals surface area contributed by atoms with Crippen LogP contribution in [0.1, 0.15) is 16.7 Å². The fourth-order valence-electron chi connectivity index (χ4n) is 3.37. The third kappa shape index (κ3) is 6.91. The molecule has 4 rings (SSSR count). The van der Waals surface area contributed by atoms with E-state index in [0.29, 0.717) is 25.7 Å². The molecule has 164 valence electrons. The highest BCUT2D eigenvalue weighted by Gasteiger charge is 2.19. The molecule has 3 aromatic rings. The lowest BCUT2D eigenvalue weighted by Gasteiger charge is -2.35. The van der Waals surface area contributed by atoms with Crippen molar-refractivity contribution >= 4 is 46.4 Å². The predicted molar refractivity (Wildman–Crippen MR) is 138 cm³/mol. The van der Waals surface area contributed by atoms with Crippen LogP contribution in [0.15, 0.2) is 71.2 Å². The lowest BCUT2D eigenvalue weighted by Crippen LogP contribution is -2.51. The second kappa shape index (κ2) is 12.0.